The molecule has 0 bridgehead atoms. The van der Waals surface area contributed by atoms with Crippen molar-refractivity contribution in [3.8, 4) is 0 Å². The van der Waals surface area contributed by atoms with Gasteiger partial charge in [0.15, 0.2) is 0 Å². The summed E-state index contributed by atoms with van der Waals surface area (Å²) in [5.41, 5.74) is 0. The average molecular weight is 359 g/mol. The molecular weight excluding hydrogens is 343 g/mol. The predicted octanol–water partition coefficient (Wildman–Crippen LogP) is 0.414. The molecule has 8 nitrogen and oxygen atoms in total. The first-order chi connectivity index (χ1) is 10.4. The zero-order valence-electron chi connectivity index (χ0n) is 12.0. The maximum atomic E-state index is 11.8. The second-order valence-electron chi connectivity index (χ2n) is 3.59. The Morgan fingerprint density at radius 1 is 0.773 bits per heavy atom. The largest absolute Gasteiger partial charge is 0.463 e. The van der Waals surface area contributed by atoms with E-state index in [1.54, 1.807) is 0 Å². The summed E-state index contributed by atoms with van der Waals surface area (Å²) in [5.74, 6) is -5.32. The first kappa shape index (κ1) is 20.5. The van der Waals surface area contributed by atoms with Gasteiger partial charge in [-0.1, -0.05) is 0 Å². The van der Waals surface area contributed by atoms with E-state index in [0.29, 0.717) is 0 Å². The molecule has 0 aromatic heterocycles. The van der Waals surface area contributed by atoms with E-state index in [4.69, 9.17) is 32.7 Å². The summed E-state index contributed by atoms with van der Waals surface area (Å²) in [6.07, 6.45) is -3.67. The van der Waals surface area contributed by atoms with Crippen LogP contribution in [-0.4, -0.2) is 61.1 Å². The molecule has 0 spiro atoms. The average Bonchev–Trinajstić information content (AvgIpc) is 2.50. The minimum atomic E-state index is -1.84. The van der Waals surface area contributed by atoms with Gasteiger partial charge in [-0.3, -0.25) is 9.59 Å². The summed E-state index contributed by atoms with van der Waals surface area (Å²) >= 11 is 10.6. The molecule has 0 unspecified atom stereocenters. The first-order valence-corrected chi connectivity index (χ1v) is 7.32. The van der Waals surface area contributed by atoms with E-state index in [9.17, 15) is 19.2 Å². The van der Waals surface area contributed by atoms with Gasteiger partial charge in [0.1, 0.15) is 11.8 Å². The molecule has 0 amide bonds. The standard InChI is InChI=1S/C12H16Cl2O8/c1-3-19-11(17)9(21-7(15)5-13)10(12(18)20-4-2)22-8(16)6-14/h9-10H,3-6H2,1-2H3/t9-,10-/m1/s1. The van der Waals surface area contributed by atoms with E-state index in [1.165, 1.54) is 13.8 Å². The number of hydrogen-bond acceptors (Lipinski definition) is 8. The molecule has 0 heterocycles. The van der Waals surface area contributed by atoms with E-state index in [1.807, 2.05) is 0 Å². The number of esters is 4. The molecule has 22 heavy (non-hydrogen) atoms. The molecule has 0 fully saturated rings. The second-order valence-corrected chi connectivity index (χ2v) is 4.13. The molecule has 0 saturated heterocycles. The molecule has 0 radical (unpaired) electrons. The van der Waals surface area contributed by atoms with Crippen LogP contribution < -0.4 is 0 Å². The molecule has 0 aliphatic heterocycles. The first-order valence-electron chi connectivity index (χ1n) is 6.25. The molecular formula is C12H16Cl2O8. The maximum absolute atomic E-state index is 11.8. The van der Waals surface area contributed by atoms with Gasteiger partial charge in [0.05, 0.1) is 13.2 Å². The van der Waals surface area contributed by atoms with Crippen LogP contribution in [0.5, 0.6) is 0 Å². The zero-order valence-corrected chi connectivity index (χ0v) is 13.5. The van der Waals surface area contributed by atoms with Crippen LogP contribution in [0, 0.1) is 0 Å². The van der Waals surface area contributed by atoms with Crippen LogP contribution in [0.25, 0.3) is 0 Å². The fraction of sp³-hybridized carbons (Fsp3) is 0.667. The topological polar surface area (TPSA) is 105 Å². The van der Waals surface area contributed by atoms with Crippen molar-refractivity contribution in [3.05, 3.63) is 0 Å². The van der Waals surface area contributed by atoms with Gasteiger partial charge in [0.25, 0.3) is 0 Å². The van der Waals surface area contributed by atoms with Crippen LogP contribution in [0.2, 0.25) is 0 Å². The van der Waals surface area contributed by atoms with Gasteiger partial charge < -0.3 is 18.9 Å². The van der Waals surface area contributed by atoms with Crippen molar-refractivity contribution < 1.29 is 38.1 Å². The minimum Gasteiger partial charge on any atom is -0.463 e. The molecule has 0 aliphatic carbocycles. The van der Waals surface area contributed by atoms with Crippen LogP contribution in [0.3, 0.4) is 0 Å². The Bertz CT molecular complexity index is 374. The number of ether oxygens (including phenoxy) is 4. The van der Waals surface area contributed by atoms with Crippen molar-refractivity contribution >= 4 is 47.1 Å². The van der Waals surface area contributed by atoms with E-state index < -0.39 is 47.8 Å². The number of alkyl halides is 2. The Morgan fingerprint density at radius 3 is 1.32 bits per heavy atom. The lowest BCUT2D eigenvalue weighted by Crippen LogP contribution is -2.47. The third-order valence-corrected chi connectivity index (χ3v) is 2.48. The lowest BCUT2D eigenvalue weighted by molar-refractivity contribution is -0.190. The highest BCUT2D eigenvalue weighted by Crippen LogP contribution is 2.11. The smallest absolute Gasteiger partial charge is 0.352 e. The van der Waals surface area contributed by atoms with Crippen molar-refractivity contribution in [2.24, 2.45) is 0 Å². The van der Waals surface area contributed by atoms with E-state index >= 15 is 0 Å². The number of rotatable bonds is 9. The third-order valence-electron chi connectivity index (χ3n) is 2.05. The molecule has 0 aromatic carbocycles. The molecule has 0 aliphatic rings. The fourth-order valence-electron chi connectivity index (χ4n) is 1.26. The van der Waals surface area contributed by atoms with E-state index in [2.05, 4.69) is 9.47 Å². The Balaban J connectivity index is 5.38. The van der Waals surface area contributed by atoms with Gasteiger partial charge in [-0.15, -0.1) is 23.2 Å². The fourth-order valence-corrected chi connectivity index (χ4v) is 1.39. The SMILES string of the molecule is CCOC(=O)[C@H](OC(=O)CCl)[C@@H](OC(=O)CCl)C(=O)OCC. The Labute approximate surface area is 136 Å². The van der Waals surface area contributed by atoms with Gasteiger partial charge in [0.2, 0.25) is 12.2 Å². The number of carbonyl (C=O) groups is 4. The van der Waals surface area contributed by atoms with Gasteiger partial charge in [-0.05, 0) is 13.8 Å². The van der Waals surface area contributed by atoms with Gasteiger partial charge in [-0.2, -0.15) is 0 Å². The zero-order chi connectivity index (χ0) is 17.1. The predicted molar refractivity (Wildman–Crippen MR) is 74.5 cm³/mol. The van der Waals surface area contributed by atoms with Crippen LogP contribution in [-0.2, 0) is 38.1 Å². The highest BCUT2D eigenvalue weighted by molar-refractivity contribution is 6.26. The van der Waals surface area contributed by atoms with Crippen molar-refractivity contribution in [3.63, 3.8) is 0 Å². The van der Waals surface area contributed by atoms with Crippen molar-refractivity contribution in [1.82, 2.24) is 0 Å². The molecule has 2 atom stereocenters. The summed E-state index contributed by atoms with van der Waals surface area (Å²) in [6.45, 7) is 2.91. The summed E-state index contributed by atoms with van der Waals surface area (Å²) in [7, 11) is 0. The van der Waals surface area contributed by atoms with Crippen molar-refractivity contribution in [1.29, 1.82) is 0 Å². The Kier molecular flexibility index (Phi) is 10.3. The number of halogens is 2. The molecule has 0 N–H and O–H groups in total. The molecule has 0 rings (SSSR count). The lowest BCUT2D eigenvalue weighted by Gasteiger charge is -2.23. The third kappa shape index (κ3) is 6.95. The normalized spacial score (nSPS) is 12.7. The second kappa shape index (κ2) is 11.1. The summed E-state index contributed by atoms with van der Waals surface area (Å²) in [4.78, 5) is 46.3. The minimum absolute atomic E-state index is 0.0489. The highest BCUT2D eigenvalue weighted by atomic mass is 35.5. The summed E-state index contributed by atoms with van der Waals surface area (Å²) in [5, 5.41) is 0. The Morgan fingerprint density at radius 2 is 1.09 bits per heavy atom. The summed E-state index contributed by atoms with van der Waals surface area (Å²) < 4.78 is 18.8. The van der Waals surface area contributed by atoms with Crippen LogP contribution in [0.1, 0.15) is 13.8 Å². The van der Waals surface area contributed by atoms with Crippen LogP contribution in [0.15, 0.2) is 0 Å². The van der Waals surface area contributed by atoms with Gasteiger partial charge in [0, 0.05) is 0 Å². The van der Waals surface area contributed by atoms with Crippen molar-refractivity contribution in [2.75, 3.05) is 25.0 Å². The van der Waals surface area contributed by atoms with E-state index in [0.717, 1.165) is 0 Å². The number of carbonyl (C=O) groups excluding carboxylic acids is 4. The van der Waals surface area contributed by atoms with Gasteiger partial charge >= 0.3 is 23.9 Å². The van der Waals surface area contributed by atoms with Gasteiger partial charge in [-0.25, -0.2) is 9.59 Å². The summed E-state index contributed by atoms with van der Waals surface area (Å²) in [6, 6.07) is 0. The Hall–Kier alpha value is -1.54. The van der Waals surface area contributed by atoms with Crippen LogP contribution in [0.4, 0.5) is 0 Å². The van der Waals surface area contributed by atoms with Crippen molar-refractivity contribution in [2.45, 2.75) is 26.1 Å². The molecule has 0 aromatic rings. The maximum Gasteiger partial charge on any atom is 0.352 e. The monoisotopic (exact) mass is 358 g/mol. The van der Waals surface area contributed by atoms with Crippen LogP contribution >= 0.6 is 23.2 Å². The quantitative estimate of drug-likeness (QED) is 0.331. The molecule has 126 valence electrons. The molecule has 0 saturated carbocycles. The lowest BCUT2D eigenvalue weighted by atomic mass is 10.2. The molecule has 10 heteroatoms. The van der Waals surface area contributed by atoms with E-state index in [-0.39, 0.29) is 13.2 Å². The highest BCUT2D eigenvalue weighted by Gasteiger charge is 2.42. The number of hydrogen-bond donors (Lipinski definition) is 0.